The van der Waals surface area contributed by atoms with Crippen LogP contribution in [0.4, 0.5) is 0 Å². The van der Waals surface area contributed by atoms with Crippen LogP contribution in [0, 0.1) is 0 Å². The Bertz CT molecular complexity index is 1230. The molecule has 1 aliphatic rings. The fraction of sp³-hybridized carbons (Fsp3) is 0.688. The zero-order chi connectivity index (χ0) is 28.7. The summed E-state index contributed by atoms with van der Waals surface area (Å²) in [4.78, 5) is 74.6. The number of aromatic nitrogens is 2. The molecule has 0 spiro atoms. The Morgan fingerprint density at radius 3 is 2.39 bits per heavy atom. The molecule has 38 heavy (non-hydrogen) atoms. The first-order chi connectivity index (χ1) is 17.5. The molecule has 9 N–H and O–H groups in total. The predicted octanol–water partition coefficient (Wildman–Crippen LogP) is -1.22. The summed E-state index contributed by atoms with van der Waals surface area (Å²) in [5, 5.41) is 12.8. The molecule has 1 aliphatic heterocycles. The number of amides is 1. The molecule has 0 saturated carbocycles. The zero-order valence-electron chi connectivity index (χ0n) is 19.7. The Kier molecular flexibility index (Phi) is 11.8. The average Bonchev–Trinajstić information content (AvgIpc) is 3.12. The van der Waals surface area contributed by atoms with Crippen molar-refractivity contribution in [2.75, 3.05) is 19.7 Å². The molecule has 5 atom stereocenters. The number of rotatable bonds is 15. The van der Waals surface area contributed by atoms with Gasteiger partial charge in [0.05, 0.1) is 12.7 Å². The van der Waals surface area contributed by atoms with E-state index in [4.69, 9.17) is 25.2 Å². The molecule has 1 amide bonds. The summed E-state index contributed by atoms with van der Waals surface area (Å²) in [6, 6.07) is 0. The van der Waals surface area contributed by atoms with Crippen LogP contribution in [0.3, 0.4) is 0 Å². The van der Waals surface area contributed by atoms with Gasteiger partial charge in [-0.1, -0.05) is 12.8 Å². The quantitative estimate of drug-likeness (QED) is 0.0852. The Balaban J connectivity index is 2.03. The van der Waals surface area contributed by atoms with Gasteiger partial charge in [0.15, 0.2) is 0 Å². The average molecular weight is 610 g/mol. The number of phosphoric ester groups is 1. The highest BCUT2D eigenvalue weighted by Crippen LogP contribution is 2.66. The van der Waals surface area contributed by atoms with Crippen LogP contribution in [0.15, 0.2) is 15.8 Å². The number of aliphatic hydroxyl groups is 1. The van der Waals surface area contributed by atoms with E-state index in [0.717, 1.165) is 30.0 Å². The van der Waals surface area contributed by atoms with Gasteiger partial charge in [-0.2, -0.15) is 8.62 Å². The molecule has 22 heteroatoms. The number of phosphoric acid groups is 3. The maximum absolute atomic E-state index is 12.4. The van der Waals surface area contributed by atoms with Crippen molar-refractivity contribution in [2.24, 2.45) is 5.73 Å². The van der Waals surface area contributed by atoms with Crippen molar-refractivity contribution in [1.82, 2.24) is 14.9 Å². The summed E-state index contributed by atoms with van der Waals surface area (Å²) in [5.41, 5.74) is 3.04. The van der Waals surface area contributed by atoms with Crippen LogP contribution >= 0.6 is 23.5 Å². The number of unbranched alkanes of at least 4 members (excludes halogenated alkanes) is 3. The lowest BCUT2D eigenvalue weighted by atomic mass is 10.2. The highest BCUT2D eigenvalue weighted by molar-refractivity contribution is 7.66. The number of nitrogens with two attached hydrogens (primary N) is 1. The molecule has 2 rings (SSSR count). The number of H-pyrrole nitrogens is 1. The third-order valence-electron chi connectivity index (χ3n) is 4.96. The van der Waals surface area contributed by atoms with Gasteiger partial charge in [0.25, 0.3) is 11.5 Å². The summed E-state index contributed by atoms with van der Waals surface area (Å²) in [7, 11) is -16.8. The van der Waals surface area contributed by atoms with Crippen LogP contribution in [-0.4, -0.2) is 72.0 Å². The van der Waals surface area contributed by atoms with Crippen LogP contribution in [0.5, 0.6) is 0 Å². The second-order valence-electron chi connectivity index (χ2n) is 7.99. The van der Waals surface area contributed by atoms with E-state index in [1.807, 2.05) is 4.98 Å². The second kappa shape index (κ2) is 13.7. The number of nitrogens with one attached hydrogen (secondary N) is 2. The molecule has 0 radical (unpaired) electrons. The first kappa shape index (κ1) is 32.7. The topological polar surface area (TPSA) is 299 Å². The Morgan fingerprint density at radius 1 is 1.11 bits per heavy atom. The molecule has 2 unspecified atom stereocenters. The number of hydrogen-bond donors (Lipinski definition) is 8. The van der Waals surface area contributed by atoms with Gasteiger partial charge in [-0.15, -0.1) is 0 Å². The minimum absolute atomic E-state index is 0.267. The van der Waals surface area contributed by atoms with Gasteiger partial charge in [0.2, 0.25) is 0 Å². The van der Waals surface area contributed by atoms with Crippen LogP contribution in [0.1, 0.15) is 48.7 Å². The summed E-state index contributed by atoms with van der Waals surface area (Å²) in [6.07, 6.45) is -0.346. The fourth-order valence-electron chi connectivity index (χ4n) is 3.29. The Labute approximate surface area is 214 Å². The minimum atomic E-state index is -5.74. The van der Waals surface area contributed by atoms with Gasteiger partial charge in [-0.25, -0.2) is 18.5 Å². The van der Waals surface area contributed by atoms with E-state index in [9.17, 15) is 38.1 Å². The molecule has 0 bridgehead atoms. The standard InChI is InChI=1S/C16H29N4O15P3/c17-5-3-1-2-4-6-18-14(22)10-8-20(16(24)19-15(10)23)13-7-11(21)12(33-13)9-32-37(28,29)35-38(30,31)34-36(25,26)27/h8,11-13,21H,1-7,9,17H2,(H,18,22)(H,28,29)(H,30,31)(H,19,23,24)(H2,25,26,27)/t11-,12+,13+/m0/s1. The SMILES string of the molecule is NCCCCCCNC(=O)c1cn([C@H]2C[C@H](O)[C@@H](COP(=O)(O)OP(=O)(O)OP(=O)(O)O)O2)c(=O)[nH]c1=O. The maximum atomic E-state index is 12.4. The lowest BCUT2D eigenvalue weighted by molar-refractivity contribution is -0.0450. The third-order valence-corrected chi connectivity index (χ3v) is 8.76. The number of ether oxygens (including phenoxy) is 1. The van der Waals surface area contributed by atoms with E-state index < -0.39 is 71.2 Å². The van der Waals surface area contributed by atoms with Crippen molar-refractivity contribution in [3.8, 4) is 0 Å². The summed E-state index contributed by atoms with van der Waals surface area (Å²) < 4.78 is 51.7. The molecule has 218 valence electrons. The highest BCUT2D eigenvalue weighted by Gasteiger charge is 2.43. The largest absolute Gasteiger partial charge is 0.490 e. The lowest BCUT2D eigenvalue weighted by Gasteiger charge is -2.19. The van der Waals surface area contributed by atoms with Gasteiger partial charge in [-0.3, -0.25) is 23.7 Å². The smallest absolute Gasteiger partial charge is 0.390 e. The molecular weight excluding hydrogens is 581 g/mol. The van der Waals surface area contributed by atoms with E-state index in [1.165, 1.54) is 0 Å². The molecule has 1 aromatic rings. The molecule has 1 saturated heterocycles. The van der Waals surface area contributed by atoms with Crippen molar-refractivity contribution in [1.29, 1.82) is 0 Å². The first-order valence-corrected chi connectivity index (χ1v) is 15.5. The van der Waals surface area contributed by atoms with Crippen molar-refractivity contribution in [3.63, 3.8) is 0 Å². The van der Waals surface area contributed by atoms with Crippen molar-refractivity contribution in [3.05, 3.63) is 32.6 Å². The monoisotopic (exact) mass is 610 g/mol. The molecule has 1 aromatic heterocycles. The van der Waals surface area contributed by atoms with Gasteiger partial charge < -0.3 is 40.5 Å². The Morgan fingerprint density at radius 2 is 1.76 bits per heavy atom. The van der Waals surface area contributed by atoms with E-state index >= 15 is 0 Å². The normalized spacial score (nSPS) is 23.1. The number of aromatic amines is 1. The van der Waals surface area contributed by atoms with Crippen LogP contribution in [0.25, 0.3) is 0 Å². The molecule has 2 heterocycles. The fourth-order valence-corrected chi connectivity index (χ4v) is 6.32. The molecule has 0 aliphatic carbocycles. The van der Waals surface area contributed by atoms with E-state index in [2.05, 4.69) is 18.5 Å². The van der Waals surface area contributed by atoms with Gasteiger partial charge in [0.1, 0.15) is 17.9 Å². The van der Waals surface area contributed by atoms with Crippen molar-refractivity contribution < 1.29 is 61.1 Å². The predicted molar refractivity (Wildman–Crippen MR) is 126 cm³/mol. The number of carbonyl (C=O) groups excluding carboxylic acids is 1. The third kappa shape index (κ3) is 10.5. The summed E-state index contributed by atoms with van der Waals surface area (Å²) in [6.45, 7) is -0.138. The molecule has 0 aromatic carbocycles. The first-order valence-electron chi connectivity index (χ1n) is 11.0. The van der Waals surface area contributed by atoms with Gasteiger partial charge >= 0.3 is 29.2 Å². The maximum Gasteiger partial charge on any atom is 0.490 e. The van der Waals surface area contributed by atoms with Crippen molar-refractivity contribution in [2.45, 2.75) is 50.5 Å². The molecule has 19 nitrogen and oxygen atoms in total. The van der Waals surface area contributed by atoms with E-state index in [-0.39, 0.29) is 13.0 Å². The lowest BCUT2D eigenvalue weighted by Crippen LogP contribution is -2.38. The van der Waals surface area contributed by atoms with Crippen LogP contribution in [0.2, 0.25) is 0 Å². The highest BCUT2D eigenvalue weighted by atomic mass is 31.3. The number of carbonyl (C=O) groups is 1. The van der Waals surface area contributed by atoms with E-state index in [1.54, 1.807) is 0 Å². The van der Waals surface area contributed by atoms with Crippen LogP contribution in [-0.2, 0) is 31.6 Å². The molecule has 1 fully saturated rings. The minimum Gasteiger partial charge on any atom is -0.390 e. The second-order valence-corrected chi connectivity index (χ2v) is 12.4. The number of nitrogens with zero attached hydrogens (tertiary/aromatic N) is 1. The van der Waals surface area contributed by atoms with Gasteiger partial charge in [0, 0.05) is 19.2 Å². The van der Waals surface area contributed by atoms with Gasteiger partial charge in [-0.05, 0) is 19.4 Å². The summed E-state index contributed by atoms with van der Waals surface area (Å²) in [5.74, 6) is -0.762. The van der Waals surface area contributed by atoms with Crippen LogP contribution < -0.4 is 22.3 Å². The number of hydrogen-bond acceptors (Lipinski definition) is 12. The zero-order valence-corrected chi connectivity index (χ0v) is 22.3. The molecular formula is C16H29N4O15P3. The number of aliphatic hydroxyl groups excluding tert-OH is 1. The van der Waals surface area contributed by atoms with Crippen molar-refractivity contribution >= 4 is 29.4 Å². The Hall–Kier alpha value is -1.56. The van der Waals surface area contributed by atoms with E-state index in [0.29, 0.717) is 13.0 Å². The summed E-state index contributed by atoms with van der Waals surface area (Å²) >= 11 is 0.